The summed E-state index contributed by atoms with van der Waals surface area (Å²) in [6, 6.07) is 14.3. The predicted octanol–water partition coefficient (Wildman–Crippen LogP) is 2.74. The Morgan fingerprint density at radius 1 is 0.700 bits per heavy atom. The van der Waals surface area contributed by atoms with E-state index in [2.05, 4.69) is 0 Å². The van der Waals surface area contributed by atoms with Crippen LogP contribution in [0.5, 0.6) is 0 Å². The second kappa shape index (κ2) is 3.81. The molecule has 4 heteroatoms. The number of benzene rings is 1. The number of imide groups is 1. The number of anilines is 1. The Hall–Kier alpha value is -2.88. The van der Waals surface area contributed by atoms with E-state index in [1.807, 2.05) is 35.0 Å². The Balaban J connectivity index is 1.95. The zero-order valence-corrected chi connectivity index (χ0v) is 10.5. The molecule has 2 amide bonds. The van der Waals surface area contributed by atoms with Crippen LogP contribution in [0.1, 0.15) is 20.7 Å². The van der Waals surface area contributed by atoms with Gasteiger partial charge in [0.2, 0.25) is 0 Å². The van der Waals surface area contributed by atoms with Gasteiger partial charge in [0.25, 0.3) is 11.8 Å². The number of fused-ring (bicyclic) bond motifs is 2. The maximum Gasteiger partial charge on any atom is 0.266 e. The lowest BCUT2D eigenvalue weighted by Gasteiger charge is -2.15. The Bertz CT molecular complexity index is 829. The summed E-state index contributed by atoms with van der Waals surface area (Å²) in [6.45, 7) is 0. The molecule has 0 saturated carbocycles. The summed E-state index contributed by atoms with van der Waals surface area (Å²) >= 11 is 0. The second-order valence-electron chi connectivity index (χ2n) is 4.69. The van der Waals surface area contributed by atoms with Crippen LogP contribution in [0.4, 0.5) is 5.69 Å². The van der Waals surface area contributed by atoms with Crippen LogP contribution in [0.2, 0.25) is 0 Å². The fraction of sp³-hybridized carbons (Fsp3) is 0. The first-order valence-corrected chi connectivity index (χ1v) is 6.31. The molecule has 0 saturated heterocycles. The molecule has 0 aliphatic carbocycles. The minimum absolute atomic E-state index is 0.264. The number of nitrogens with zero attached hydrogens (tertiary/aromatic N) is 2. The van der Waals surface area contributed by atoms with Gasteiger partial charge >= 0.3 is 0 Å². The summed E-state index contributed by atoms with van der Waals surface area (Å²) in [4.78, 5) is 26.2. The first-order valence-electron chi connectivity index (χ1n) is 6.31. The molecule has 0 unspecified atom stereocenters. The van der Waals surface area contributed by atoms with Crippen LogP contribution >= 0.6 is 0 Å². The normalized spacial score (nSPS) is 14.1. The molecule has 3 heterocycles. The van der Waals surface area contributed by atoms with Gasteiger partial charge in [-0.05, 0) is 36.4 Å². The molecule has 0 spiro atoms. The average molecular weight is 262 g/mol. The van der Waals surface area contributed by atoms with Crippen LogP contribution in [-0.2, 0) is 0 Å². The molecule has 96 valence electrons. The Kier molecular flexibility index (Phi) is 2.09. The predicted molar refractivity (Wildman–Crippen MR) is 75.0 cm³/mol. The van der Waals surface area contributed by atoms with Crippen molar-refractivity contribution in [3.63, 3.8) is 0 Å². The quantitative estimate of drug-likeness (QED) is 0.633. The first kappa shape index (κ1) is 11.0. The Labute approximate surface area is 114 Å². The molecular formula is C16H10N2O2. The SMILES string of the molecule is O=C1c2ccccc2C(=O)N1c1cccn2cccc12. The summed E-state index contributed by atoms with van der Waals surface area (Å²) in [5, 5.41) is 0. The number of rotatable bonds is 1. The topological polar surface area (TPSA) is 41.8 Å². The van der Waals surface area contributed by atoms with Crippen molar-refractivity contribution in [3.8, 4) is 0 Å². The van der Waals surface area contributed by atoms with Gasteiger partial charge in [-0.15, -0.1) is 0 Å². The molecule has 0 N–H and O–H groups in total. The van der Waals surface area contributed by atoms with E-state index in [-0.39, 0.29) is 11.8 Å². The van der Waals surface area contributed by atoms with Crippen molar-refractivity contribution in [2.45, 2.75) is 0 Å². The van der Waals surface area contributed by atoms with Crippen molar-refractivity contribution < 1.29 is 9.59 Å². The van der Waals surface area contributed by atoms with Crippen molar-refractivity contribution >= 4 is 23.0 Å². The average Bonchev–Trinajstić information content (AvgIpc) is 3.04. The van der Waals surface area contributed by atoms with E-state index in [1.54, 1.807) is 30.3 Å². The van der Waals surface area contributed by atoms with Gasteiger partial charge in [-0.1, -0.05) is 12.1 Å². The van der Waals surface area contributed by atoms with Crippen LogP contribution in [0.15, 0.2) is 60.9 Å². The maximum atomic E-state index is 12.5. The van der Waals surface area contributed by atoms with E-state index in [1.165, 1.54) is 4.90 Å². The summed E-state index contributed by atoms with van der Waals surface area (Å²) in [5.41, 5.74) is 2.38. The van der Waals surface area contributed by atoms with Crippen molar-refractivity contribution in [2.75, 3.05) is 4.90 Å². The smallest absolute Gasteiger partial charge is 0.266 e. The van der Waals surface area contributed by atoms with Gasteiger partial charge in [0, 0.05) is 12.4 Å². The number of hydrogen-bond donors (Lipinski definition) is 0. The fourth-order valence-electron chi connectivity index (χ4n) is 2.65. The van der Waals surface area contributed by atoms with E-state index in [0.29, 0.717) is 16.8 Å². The second-order valence-corrected chi connectivity index (χ2v) is 4.69. The molecule has 0 fully saturated rings. The van der Waals surface area contributed by atoms with Gasteiger partial charge in [0.15, 0.2) is 0 Å². The largest absolute Gasteiger partial charge is 0.322 e. The number of pyridine rings is 1. The van der Waals surface area contributed by atoms with Crippen LogP contribution < -0.4 is 4.90 Å². The summed E-state index contributed by atoms with van der Waals surface area (Å²) in [7, 11) is 0. The molecule has 4 rings (SSSR count). The molecule has 1 aliphatic rings. The first-order chi connectivity index (χ1) is 9.77. The van der Waals surface area contributed by atoms with Crippen molar-refractivity contribution in [2.24, 2.45) is 0 Å². The van der Waals surface area contributed by atoms with Crippen LogP contribution in [-0.4, -0.2) is 16.2 Å². The van der Waals surface area contributed by atoms with Gasteiger partial charge in [0.1, 0.15) is 0 Å². The molecule has 2 aromatic heterocycles. The molecule has 0 bridgehead atoms. The van der Waals surface area contributed by atoms with Gasteiger partial charge in [-0.2, -0.15) is 0 Å². The Morgan fingerprint density at radius 2 is 1.30 bits per heavy atom. The molecule has 1 aliphatic heterocycles. The third-order valence-electron chi connectivity index (χ3n) is 3.58. The molecular weight excluding hydrogens is 252 g/mol. The van der Waals surface area contributed by atoms with Gasteiger partial charge in [0.05, 0.1) is 22.3 Å². The van der Waals surface area contributed by atoms with Gasteiger partial charge in [-0.3, -0.25) is 9.59 Å². The number of aromatic nitrogens is 1. The maximum absolute atomic E-state index is 12.5. The highest BCUT2D eigenvalue weighted by molar-refractivity contribution is 6.35. The lowest BCUT2D eigenvalue weighted by Crippen LogP contribution is -2.29. The van der Waals surface area contributed by atoms with E-state index >= 15 is 0 Å². The van der Waals surface area contributed by atoms with Crippen LogP contribution in [0.3, 0.4) is 0 Å². The molecule has 1 aromatic carbocycles. The molecule has 0 atom stereocenters. The summed E-state index contributed by atoms with van der Waals surface area (Å²) in [5.74, 6) is -0.528. The highest BCUT2D eigenvalue weighted by Crippen LogP contribution is 2.31. The van der Waals surface area contributed by atoms with Gasteiger partial charge < -0.3 is 4.40 Å². The molecule has 20 heavy (non-hydrogen) atoms. The fourth-order valence-corrected chi connectivity index (χ4v) is 2.65. The Morgan fingerprint density at radius 3 is 1.95 bits per heavy atom. The highest BCUT2D eigenvalue weighted by atomic mass is 16.2. The number of hydrogen-bond acceptors (Lipinski definition) is 2. The van der Waals surface area contributed by atoms with E-state index in [4.69, 9.17) is 0 Å². The molecule has 4 nitrogen and oxygen atoms in total. The van der Waals surface area contributed by atoms with E-state index in [0.717, 1.165) is 5.52 Å². The number of carbonyl (C=O) groups excluding carboxylic acids is 2. The van der Waals surface area contributed by atoms with Crippen molar-refractivity contribution in [1.29, 1.82) is 0 Å². The summed E-state index contributed by atoms with van der Waals surface area (Å²) in [6.07, 6.45) is 3.77. The number of carbonyl (C=O) groups is 2. The lowest BCUT2D eigenvalue weighted by molar-refractivity contribution is 0.0926. The number of amides is 2. The minimum atomic E-state index is -0.264. The van der Waals surface area contributed by atoms with Crippen LogP contribution in [0.25, 0.3) is 5.52 Å². The molecule has 3 aromatic rings. The molecule has 0 radical (unpaired) electrons. The van der Waals surface area contributed by atoms with Crippen molar-refractivity contribution in [1.82, 2.24) is 4.40 Å². The van der Waals surface area contributed by atoms with E-state index in [9.17, 15) is 9.59 Å². The standard InChI is InChI=1S/C16H10N2O2/c19-15-11-5-1-2-6-12(11)16(20)18(15)14-8-4-10-17-9-3-7-13(14)17/h1-10H. The summed E-state index contributed by atoms with van der Waals surface area (Å²) < 4.78 is 1.89. The van der Waals surface area contributed by atoms with Crippen LogP contribution in [0, 0.1) is 0 Å². The minimum Gasteiger partial charge on any atom is -0.322 e. The van der Waals surface area contributed by atoms with Gasteiger partial charge in [-0.25, -0.2) is 4.90 Å². The monoisotopic (exact) mass is 262 g/mol. The van der Waals surface area contributed by atoms with E-state index < -0.39 is 0 Å². The lowest BCUT2D eigenvalue weighted by atomic mass is 10.1. The van der Waals surface area contributed by atoms with Crippen molar-refractivity contribution in [3.05, 3.63) is 72.1 Å². The third-order valence-corrected chi connectivity index (χ3v) is 3.58. The zero-order chi connectivity index (χ0) is 13.7. The highest BCUT2D eigenvalue weighted by Gasteiger charge is 2.36. The third kappa shape index (κ3) is 1.30. The zero-order valence-electron chi connectivity index (χ0n) is 10.5.